The summed E-state index contributed by atoms with van der Waals surface area (Å²) in [6.07, 6.45) is 0. The lowest BCUT2D eigenvalue weighted by Crippen LogP contribution is -2.34. The van der Waals surface area contributed by atoms with Crippen molar-refractivity contribution < 1.29 is 14.1 Å². The number of amides is 1. The number of hydrogen-bond donors (Lipinski definition) is 2. The monoisotopic (exact) mass is 483 g/mol. The van der Waals surface area contributed by atoms with Gasteiger partial charge in [0.25, 0.3) is 11.6 Å². The van der Waals surface area contributed by atoms with E-state index in [-0.39, 0.29) is 21.6 Å². The molecule has 30 heavy (non-hydrogen) atoms. The van der Waals surface area contributed by atoms with Crippen molar-refractivity contribution >= 4 is 69.4 Å². The molecule has 3 aromatic rings. The lowest BCUT2D eigenvalue weighted by Gasteiger charge is -2.11. The summed E-state index contributed by atoms with van der Waals surface area (Å²) in [5.41, 5.74) is 1.26. The average molecular weight is 485 g/mol. The number of benzene rings is 2. The zero-order valence-corrected chi connectivity index (χ0v) is 18.2. The molecule has 0 atom stereocenters. The molecule has 0 saturated carbocycles. The summed E-state index contributed by atoms with van der Waals surface area (Å²) in [4.78, 5) is 22.8. The third kappa shape index (κ3) is 4.73. The second-order valence-electron chi connectivity index (χ2n) is 6.05. The summed E-state index contributed by atoms with van der Waals surface area (Å²) in [6, 6.07) is 10.8. The van der Waals surface area contributed by atoms with Crippen molar-refractivity contribution in [2.45, 2.75) is 6.92 Å². The van der Waals surface area contributed by atoms with Crippen LogP contribution in [-0.2, 0) is 0 Å². The van der Waals surface area contributed by atoms with E-state index in [1.54, 1.807) is 31.2 Å². The van der Waals surface area contributed by atoms with Crippen LogP contribution in [0.3, 0.4) is 0 Å². The standard InChI is InChI=1S/C19H12Cl3N3O4S/c1-9-7-14(25(27)28)12(21)8-13(9)23-19(30)24-18(26)16-6-5-15(29-16)10-3-2-4-11(20)17(10)22/h2-8H,1H3,(H2,23,24,26,30). The Kier molecular flexibility index (Phi) is 6.62. The van der Waals surface area contributed by atoms with Crippen molar-refractivity contribution in [3.63, 3.8) is 0 Å². The number of carbonyl (C=O) groups excluding carboxylic acids is 1. The van der Waals surface area contributed by atoms with E-state index in [9.17, 15) is 14.9 Å². The van der Waals surface area contributed by atoms with Gasteiger partial charge in [-0.15, -0.1) is 0 Å². The molecule has 0 aliphatic carbocycles. The summed E-state index contributed by atoms with van der Waals surface area (Å²) in [5.74, 6) is -0.226. The van der Waals surface area contributed by atoms with E-state index in [0.717, 1.165) is 0 Å². The van der Waals surface area contributed by atoms with Gasteiger partial charge in [0.2, 0.25) is 0 Å². The lowest BCUT2D eigenvalue weighted by atomic mass is 10.2. The molecule has 0 unspecified atom stereocenters. The predicted octanol–water partition coefficient (Wildman–Crippen LogP) is 6.25. The number of furan rings is 1. The van der Waals surface area contributed by atoms with Gasteiger partial charge in [0.05, 0.1) is 15.0 Å². The van der Waals surface area contributed by atoms with Crippen LogP contribution in [0.15, 0.2) is 46.9 Å². The topological polar surface area (TPSA) is 97.4 Å². The van der Waals surface area contributed by atoms with Crippen molar-refractivity contribution in [3.8, 4) is 11.3 Å². The van der Waals surface area contributed by atoms with Gasteiger partial charge in [-0.3, -0.25) is 20.2 Å². The molecule has 0 radical (unpaired) electrons. The Morgan fingerprint density at radius 1 is 1.13 bits per heavy atom. The summed E-state index contributed by atoms with van der Waals surface area (Å²) >= 11 is 23.2. The largest absolute Gasteiger partial charge is 0.451 e. The number of thiocarbonyl (C=S) groups is 1. The molecular weight excluding hydrogens is 473 g/mol. The maximum Gasteiger partial charge on any atom is 0.293 e. The van der Waals surface area contributed by atoms with E-state index in [1.165, 1.54) is 18.2 Å². The van der Waals surface area contributed by atoms with Gasteiger partial charge in [-0.2, -0.15) is 0 Å². The first-order valence-corrected chi connectivity index (χ1v) is 9.82. The Morgan fingerprint density at radius 3 is 2.57 bits per heavy atom. The van der Waals surface area contributed by atoms with Crippen molar-refractivity contribution in [1.82, 2.24) is 5.32 Å². The SMILES string of the molecule is Cc1cc([N+](=O)[O-])c(Cl)cc1NC(=S)NC(=O)c1ccc(-c2cccc(Cl)c2Cl)o1. The third-order valence-electron chi connectivity index (χ3n) is 4.01. The van der Waals surface area contributed by atoms with Crippen molar-refractivity contribution in [2.24, 2.45) is 0 Å². The highest BCUT2D eigenvalue weighted by atomic mass is 35.5. The highest BCUT2D eigenvalue weighted by Gasteiger charge is 2.18. The first kappa shape index (κ1) is 22.0. The molecule has 3 rings (SSSR count). The van der Waals surface area contributed by atoms with Crippen LogP contribution >= 0.6 is 47.0 Å². The van der Waals surface area contributed by atoms with E-state index in [2.05, 4.69) is 10.6 Å². The predicted molar refractivity (Wildman–Crippen MR) is 121 cm³/mol. The highest BCUT2D eigenvalue weighted by Crippen LogP contribution is 2.34. The fraction of sp³-hybridized carbons (Fsp3) is 0.0526. The number of nitrogens with zero attached hydrogens (tertiary/aromatic N) is 1. The Morgan fingerprint density at radius 2 is 1.87 bits per heavy atom. The van der Waals surface area contributed by atoms with Crippen molar-refractivity contribution in [2.75, 3.05) is 5.32 Å². The van der Waals surface area contributed by atoms with Crippen LogP contribution < -0.4 is 10.6 Å². The zero-order valence-electron chi connectivity index (χ0n) is 15.2. The second-order valence-corrected chi connectivity index (χ2v) is 7.65. The third-order valence-corrected chi connectivity index (χ3v) is 5.34. The van der Waals surface area contributed by atoms with E-state index in [4.69, 9.17) is 51.4 Å². The number of anilines is 1. The lowest BCUT2D eigenvalue weighted by molar-refractivity contribution is -0.384. The summed E-state index contributed by atoms with van der Waals surface area (Å²) in [5, 5.41) is 16.8. The number of nitrogens with one attached hydrogen (secondary N) is 2. The first-order chi connectivity index (χ1) is 14.2. The summed E-state index contributed by atoms with van der Waals surface area (Å²) in [7, 11) is 0. The quantitative estimate of drug-likeness (QED) is 0.258. The smallest absolute Gasteiger partial charge is 0.293 e. The molecule has 0 fully saturated rings. The van der Waals surface area contributed by atoms with E-state index in [0.29, 0.717) is 32.6 Å². The van der Waals surface area contributed by atoms with Crippen LogP contribution in [0.2, 0.25) is 15.1 Å². The van der Waals surface area contributed by atoms with Crippen LogP contribution in [0, 0.1) is 17.0 Å². The summed E-state index contributed by atoms with van der Waals surface area (Å²) < 4.78 is 5.56. The maximum atomic E-state index is 12.4. The number of hydrogen-bond acceptors (Lipinski definition) is 5. The van der Waals surface area contributed by atoms with Crippen molar-refractivity contribution in [1.29, 1.82) is 0 Å². The Balaban J connectivity index is 1.72. The van der Waals surface area contributed by atoms with Crippen molar-refractivity contribution in [3.05, 3.63) is 79.0 Å². The fourth-order valence-electron chi connectivity index (χ4n) is 2.56. The number of nitro benzene ring substituents is 1. The van der Waals surface area contributed by atoms with Crippen LogP contribution in [0.5, 0.6) is 0 Å². The molecule has 0 aliphatic rings. The highest BCUT2D eigenvalue weighted by molar-refractivity contribution is 7.80. The van der Waals surface area contributed by atoms with Gasteiger partial charge >= 0.3 is 0 Å². The molecule has 0 bridgehead atoms. The minimum Gasteiger partial charge on any atom is -0.451 e. The maximum absolute atomic E-state index is 12.4. The van der Waals surface area contributed by atoms with Gasteiger partial charge in [-0.1, -0.05) is 40.9 Å². The minimum absolute atomic E-state index is 0.00338. The Hall–Kier alpha value is -2.65. The average Bonchev–Trinajstić information content (AvgIpc) is 3.16. The molecule has 2 aromatic carbocycles. The molecule has 11 heteroatoms. The van der Waals surface area contributed by atoms with Gasteiger partial charge in [-0.05, 0) is 55.0 Å². The van der Waals surface area contributed by atoms with E-state index >= 15 is 0 Å². The number of carbonyl (C=O) groups is 1. The second kappa shape index (κ2) is 9.01. The molecule has 2 N–H and O–H groups in total. The van der Waals surface area contributed by atoms with E-state index < -0.39 is 10.8 Å². The molecular formula is C19H12Cl3N3O4S. The number of aryl methyl sites for hydroxylation is 1. The Labute approximate surface area is 191 Å². The molecule has 0 spiro atoms. The first-order valence-electron chi connectivity index (χ1n) is 8.28. The van der Waals surface area contributed by atoms with Gasteiger partial charge in [0, 0.05) is 17.3 Å². The molecule has 0 saturated heterocycles. The molecule has 1 amide bonds. The van der Waals surface area contributed by atoms with E-state index in [1.807, 2.05) is 0 Å². The van der Waals surface area contributed by atoms with Crippen LogP contribution in [0.1, 0.15) is 16.1 Å². The van der Waals surface area contributed by atoms with Crippen LogP contribution in [-0.4, -0.2) is 15.9 Å². The normalized spacial score (nSPS) is 10.5. The molecule has 1 aromatic heterocycles. The fourth-order valence-corrected chi connectivity index (χ4v) is 3.39. The van der Waals surface area contributed by atoms with Crippen LogP contribution in [0.4, 0.5) is 11.4 Å². The molecule has 7 nitrogen and oxygen atoms in total. The van der Waals surface area contributed by atoms with Gasteiger partial charge in [-0.25, -0.2) is 0 Å². The Bertz CT molecular complexity index is 1180. The molecule has 1 heterocycles. The van der Waals surface area contributed by atoms with Crippen LogP contribution in [0.25, 0.3) is 11.3 Å². The zero-order chi connectivity index (χ0) is 22.0. The molecule has 0 aliphatic heterocycles. The number of rotatable bonds is 4. The molecule has 154 valence electrons. The van der Waals surface area contributed by atoms with Gasteiger partial charge in [0.15, 0.2) is 10.9 Å². The summed E-state index contributed by atoms with van der Waals surface area (Å²) in [6.45, 7) is 1.64. The van der Waals surface area contributed by atoms with Gasteiger partial charge < -0.3 is 9.73 Å². The number of nitro groups is 1. The van der Waals surface area contributed by atoms with Gasteiger partial charge in [0.1, 0.15) is 10.8 Å². The number of halogens is 3. The minimum atomic E-state index is -0.595.